The van der Waals surface area contributed by atoms with Gasteiger partial charge in [-0.1, -0.05) is 105 Å². The molecule has 0 unspecified atom stereocenters. The number of imidazole rings is 1. The predicted octanol–water partition coefficient (Wildman–Crippen LogP) is 14.1. The smallest absolute Gasteiger partial charge is 0.216 e. The number of hydrogen-bond donors (Lipinski definition) is 0. The molecule has 315 valence electrons. The van der Waals surface area contributed by atoms with Crippen LogP contribution in [0, 0.1) is 26.0 Å². The third-order valence-electron chi connectivity index (χ3n) is 11.5. The molecule has 10 aromatic rings. The molecule has 6 aromatic carbocycles. The number of rotatable bonds is 6. The number of pyridine rings is 2. The molecule has 4 aromatic heterocycles. The van der Waals surface area contributed by atoms with E-state index in [0.717, 1.165) is 83.7 Å². The summed E-state index contributed by atoms with van der Waals surface area (Å²) in [6, 6.07) is 59.9. The van der Waals surface area contributed by atoms with Crippen LogP contribution < -0.4 is 4.40 Å². The van der Waals surface area contributed by atoms with Crippen LogP contribution in [0.5, 0.6) is 0 Å². The third kappa shape index (κ3) is 8.86. The van der Waals surface area contributed by atoms with E-state index in [1.54, 1.807) is 0 Å². The molecular formula is C56H50GeIrN4O-2. The summed E-state index contributed by atoms with van der Waals surface area (Å²) >= 11 is -1.73. The molecule has 0 atom stereocenters. The molecule has 0 saturated carbocycles. The van der Waals surface area contributed by atoms with Crippen molar-refractivity contribution >= 4 is 50.8 Å². The van der Waals surface area contributed by atoms with Crippen LogP contribution in [0.3, 0.4) is 0 Å². The minimum atomic E-state index is -1.73. The standard InChI is InChI=1S/C41H32N3O.C15H18GeN.Ir/c1-26-22-23-31-30-18-13-19-32(38(30)45-40(31)42-26)39-43-35-20-11-12-21-36(35)44(39)37-33(27-14-7-5-8-15-27)24-29(41(2,3)4)25-34(37)28-16-9-6-10-17-28;1-12-5-7-13(8-6-12)15-10-9-14(11-17-15)16(2,3)4;/h5-18,20-25H,1-4H3;5-7,9-11H,1-4H3;/q2*-1;. The number of furan rings is 1. The summed E-state index contributed by atoms with van der Waals surface area (Å²) < 4.78 is 10.3. The Hall–Kier alpha value is -5.92. The molecule has 0 aliphatic rings. The van der Waals surface area contributed by atoms with Crippen LogP contribution >= 0.6 is 0 Å². The van der Waals surface area contributed by atoms with E-state index < -0.39 is 13.3 Å². The number of fused-ring (bicyclic) bond motifs is 4. The van der Waals surface area contributed by atoms with Gasteiger partial charge < -0.3 is 8.98 Å². The quantitative estimate of drug-likeness (QED) is 0.123. The molecule has 7 heteroatoms. The molecule has 5 nitrogen and oxygen atoms in total. The van der Waals surface area contributed by atoms with Gasteiger partial charge in [0, 0.05) is 42.3 Å². The van der Waals surface area contributed by atoms with Crippen molar-refractivity contribution in [2.45, 2.75) is 57.3 Å². The van der Waals surface area contributed by atoms with E-state index >= 15 is 0 Å². The first kappa shape index (κ1) is 43.7. The number of hydrogen-bond acceptors (Lipinski definition) is 4. The fraction of sp³-hybridized carbons (Fsp3) is 0.161. The summed E-state index contributed by atoms with van der Waals surface area (Å²) in [5, 5.41) is 1.98. The van der Waals surface area contributed by atoms with Gasteiger partial charge in [0.25, 0.3) is 0 Å². The van der Waals surface area contributed by atoms with Crippen LogP contribution in [0.4, 0.5) is 0 Å². The van der Waals surface area contributed by atoms with Crippen molar-refractivity contribution in [2.24, 2.45) is 0 Å². The maximum atomic E-state index is 6.50. The van der Waals surface area contributed by atoms with Gasteiger partial charge in [-0.25, -0.2) is 4.98 Å². The average molecular weight is 1060 g/mol. The van der Waals surface area contributed by atoms with Gasteiger partial charge in [-0.05, 0) is 65.4 Å². The average Bonchev–Trinajstić information content (AvgIpc) is 3.84. The van der Waals surface area contributed by atoms with Crippen LogP contribution in [0.1, 0.15) is 37.6 Å². The second kappa shape index (κ2) is 17.7. The molecule has 1 radical (unpaired) electrons. The summed E-state index contributed by atoms with van der Waals surface area (Å²) in [5.74, 6) is 7.92. The maximum Gasteiger partial charge on any atom is 0.216 e. The molecule has 0 aliphatic carbocycles. The zero-order valence-electron chi connectivity index (χ0n) is 37.0. The molecule has 0 amide bonds. The SMILES string of the molecule is Cc1c[c-]c(-c2cc[c]([Ge]([CH3])([CH3])[CH3])cn2)cc1.Cc1ccc2c(n1)oc1c(-c3nc4ccccc4n3-c3c(-c4ccccc4)cc(C(C)(C)C)cc3-c3ccccc3)[c-]ccc12.[Ir]. The first-order valence-corrected chi connectivity index (χ1v) is 28.6. The number of aryl methyl sites for hydroxylation is 2. The fourth-order valence-corrected chi connectivity index (χ4v) is 10.1. The zero-order chi connectivity index (χ0) is 43.2. The van der Waals surface area contributed by atoms with Gasteiger partial charge >= 0.3 is 106 Å². The Bertz CT molecular complexity index is 3140. The van der Waals surface area contributed by atoms with Crippen LogP contribution in [0.25, 0.3) is 83.7 Å². The summed E-state index contributed by atoms with van der Waals surface area (Å²) in [6.07, 6.45) is 2.04. The van der Waals surface area contributed by atoms with Crippen molar-refractivity contribution in [1.82, 2.24) is 19.5 Å². The van der Waals surface area contributed by atoms with E-state index in [2.05, 4.69) is 194 Å². The molecule has 0 spiro atoms. The van der Waals surface area contributed by atoms with Gasteiger partial charge in [0.05, 0.1) is 28.1 Å². The number of para-hydroxylation sites is 2. The van der Waals surface area contributed by atoms with Gasteiger partial charge in [0.1, 0.15) is 0 Å². The molecule has 4 heterocycles. The van der Waals surface area contributed by atoms with Gasteiger partial charge in [0.2, 0.25) is 5.71 Å². The first-order valence-electron chi connectivity index (χ1n) is 21.3. The Morgan fingerprint density at radius 2 is 1.33 bits per heavy atom. The van der Waals surface area contributed by atoms with Gasteiger partial charge in [-0.15, -0.1) is 18.2 Å². The summed E-state index contributed by atoms with van der Waals surface area (Å²) in [5.41, 5.74) is 15.1. The topological polar surface area (TPSA) is 56.7 Å². The van der Waals surface area contributed by atoms with E-state index in [9.17, 15) is 0 Å². The molecule has 0 bridgehead atoms. The molecular weight excluding hydrogens is 1010 g/mol. The molecule has 0 fully saturated rings. The monoisotopic (exact) mass is 1060 g/mol. The van der Waals surface area contributed by atoms with Crippen LogP contribution in [0.15, 0.2) is 162 Å². The van der Waals surface area contributed by atoms with Crippen LogP contribution in [-0.4, -0.2) is 32.8 Å². The van der Waals surface area contributed by atoms with E-state index in [1.807, 2.05) is 37.4 Å². The minimum absolute atomic E-state index is 0. The predicted molar refractivity (Wildman–Crippen MR) is 261 cm³/mol. The van der Waals surface area contributed by atoms with Crippen LogP contribution in [0.2, 0.25) is 17.3 Å². The zero-order valence-corrected chi connectivity index (χ0v) is 41.5. The number of nitrogens with zero attached hydrogens (tertiary/aromatic N) is 4. The summed E-state index contributed by atoms with van der Waals surface area (Å²) in [7, 11) is 0. The van der Waals surface area contributed by atoms with Gasteiger partial charge in [-0.3, -0.25) is 4.98 Å². The summed E-state index contributed by atoms with van der Waals surface area (Å²) in [4.78, 5) is 14.6. The Morgan fingerprint density at radius 3 is 1.94 bits per heavy atom. The second-order valence-corrected chi connectivity index (χ2v) is 28.8. The number of aromatic nitrogens is 4. The van der Waals surface area contributed by atoms with Gasteiger partial charge in [-0.2, -0.15) is 0 Å². The van der Waals surface area contributed by atoms with Gasteiger partial charge in [0.15, 0.2) is 0 Å². The molecule has 63 heavy (non-hydrogen) atoms. The third-order valence-corrected chi connectivity index (χ3v) is 15.7. The second-order valence-electron chi connectivity index (χ2n) is 18.1. The van der Waals surface area contributed by atoms with E-state index in [-0.39, 0.29) is 25.5 Å². The Balaban J connectivity index is 0.000000255. The van der Waals surface area contributed by atoms with Crippen molar-refractivity contribution in [3.8, 4) is 50.6 Å². The maximum absolute atomic E-state index is 6.50. The molecule has 0 aliphatic heterocycles. The Labute approximate surface area is 387 Å². The van der Waals surface area contributed by atoms with Crippen molar-refractivity contribution in [1.29, 1.82) is 0 Å². The molecule has 0 saturated heterocycles. The largest absolute Gasteiger partial charge is 0.486 e. The fourth-order valence-electron chi connectivity index (χ4n) is 7.94. The minimum Gasteiger partial charge on any atom is -0.486 e. The normalized spacial score (nSPS) is 11.7. The molecule has 0 N–H and O–H groups in total. The van der Waals surface area contributed by atoms with Crippen molar-refractivity contribution < 1.29 is 24.5 Å². The van der Waals surface area contributed by atoms with E-state index in [0.29, 0.717) is 5.71 Å². The Kier molecular flexibility index (Phi) is 12.3. The first-order chi connectivity index (χ1) is 29.8. The Morgan fingerprint density at radius 1 is 0.667 bits per heavy atom. The summed E-state index contributed by atoms with van der Waals surface area (Å²) in [6.45, 7) is 10.9. The van der Waals surface area contributed by atoms with Crippen molar-refractivity contribution in [3.63, 3.8) is 0 Å². The van der Waals surface area contributed by atoms with Crippen molar-refractivity contribution in [2.75, 3.05) is 0 Å². The van der Waals surface area contributed by atoms with E-state index in [4.69, 9.17) is 14.4 Å². The van der Waals surface area contributed by atoms with Crippen LogP contribution in [-0.2, 0) is 25.5 Å². The number of benzene rings is 6. The van der Waals surface area contributed by atoms with Crippen molar-refractivity contribution in [3.05, 3.63) is 187 Å². The molecule has 10 rings (SSSR count). The van der Waals surface area contributed by atoms with E-state index in [1.165, 1.54) is 15.5 Å².